The average molecular weight is 379 g/mol. The molecule has 0 aliphatic heterocycles. The number of primary amides is 1. The first kappa shape index (κ1) is 21.9. The second kappa shape index (κ2) is 10.8. The quantitative estimate of drug-likeness (QED) is 0.555. The van der Waals surface area contributed by atoms with E-state index in [0.717, 1.165) is 0 Å². The molecule has 1 aromatic carbocycles. The van der Waals surface area contributed by atoms with Crippen molar-refractivity contribution in [3.63, 3.8) is 0 Å². The van der Waals surface area contributed by atoms with Crippen LogP contribution in [0.15, 0.2) is 24.3 Å². The SMILES string of the molecule is CCOC(=O)c1ccccc1NC(=O)COC(=O)[C@H](CC(C)C)NC(N)=O. The maximum Gasteiger partial charge on any atom is 0.340 e. The van der Waals surface area contributed by atoms with Gasteiger partial charge in [-0.2, -0.15) is 0 Å². The summed E-state index contributed by atoms with van der Waals surface area (Å²) in [6.07, 6.45) is 0.315. The van der Waals surface area contributed by atoms with Crippen molar-refractivity contribution in [2.45, 2.75) is 33.2 Å². The summed E-state index contributed by atoms with van der Waals surface area (Å²) in [7, 11) is 0. The Bertz CT molecular complexity index is 689. The summed E-state index contributed by atoms with van der Waals surface area (Å²) in [5.41, 5.74) is 5.48. The topological polar surface area (TPSA) is 137 Å². The van der Waals surface area contributed by atoms with Crippen LogP contribution in [0.3, 0.4) is 0 Å². The summed E-state index contributed by atoms with van der Waals surface area (Å²) in [6.45, 7) is 5.02. The van der Waals surface area contributed by atoms with E-state index in [0.29, 0.717) is 6.42 Å². The number of carbonyl (C=O) groups excluding carboxylic acids is 4. The second-order valence-electron chi connectivity index (χ2n) is 6.11. The zero-order valence-corrected chi connectivity index (χ0v) is 15.6. The lowest BCUT2D eigenvalue weighted by atomic mass is 10.0. The summed E-state index contributed by atoms with van der Waals surface area (Å²) in [4.78, 5) is 47.1. The summed E-state index contributed by atoms with van der Waals surface area (Å²) in [5, 5.41) is 4.79. The Hall–Kier alpha value is -3.10. The maximum atomic E-state index is 12.1. The largest absolute Gasteiger partial charge is 0.462 e. The van der Waals surface area contributed by atoms with E-state index in [-0.39, 0.29) is 23.8 Å². The highest BCUT2D eigenvalue weighted by molar-refractivity contribution is 6.02. The van der Waals surface area contributed by atoms with Crippen LogP contribution in [0.5, 0.6) is 0 Å². The number of carbonyl (C=O) groups is 4. The number of esters is 2. The number of hydrogen-bond donors (Lipinski definition) is 3. The molecule has 9 nitrogen and oxygen atoms in total. The van der Waals surface area contributed by atoms with Crippen molar-refractivity contribution in [3.8, 4) is 0 Å². The number of nitrogens with one attached hydrogen (secondary N) is 2. The smallest absolute Gasteiger partial charge is 0.340 e. The van der Waals surface area contributed by atoms with E-state index >= 15 is 0 Å². The van der Waals surface area contributed by atoms with Crippen LogP contribution in [-0.2, 0) is 19.1 Å². The highest BCUT2D eigenvalue weighted by Crippen LogP contribution is 2.16. The number of benzene rings is 1. The van der Waals surface area contributed by atoms with Crippen LogP contribution in [0.4, 0.5) is 10.5 Å². The molecule has 148 valence electrons. The van der Waals surface area contributed by atoms with Gasteiger partial charge in [0.15, 0.2) is 6.61 Å². The van der Waals surface area contributed by atoms with Gasteiger partial charge in [-0.05, 0) is 31.4 Å². The van der Waals surface area contributed by atoms with E-state index in [1.54, 1.807) is 19.1 Å². The molecule has 0 bridgehead atoms. The zero-order valence-electron chi connectivity index (χ0n) is 15.6. The van der Waals surface area contributed by atoms with Crippen molar-refractivity contribution >= 4 is 29.6 Å². The number of para-hydroxylation sites is 1. The Kier molecular flexibility index (Phi) is 8.77. The zero-order chi connectivity index (χ0) is 20.4. The first-order chi connectivity index (χ1) is 12.7. The van der Waals surface area contributed by atoms with Gasteiger partial charge in [-0.25, -0.2) is 14.4 Å². The maximum absolute atomic E-state index is 12.1. The van der Waals surface area contributed by atoms with Crippen LogP contribution in [-0.4, -0.2) is 43.1 Å². The molecule has 0 fully saturated rings. The average Bonchev–Trinajstić information content (AvgIpc) is 2.59. The highest BCUT2D eigenvalue weighted by Gasteiger charge is 2.23. The number of amides is 3. The van der Waals surface area contributed by atoms with Gasteiger partial charge in [0.2, 0.25) is 0 Å². The standard InChI is InChI=1S/C18H25N3O6/c1-4-26-16(23)12-7-5-6-8-13(12)20-15(22)10-27-17(24)14(9-11(2)3)21-18(19)25/h5-8,11,14H,4,9-10H2,1-3H3,(H,20,22)(H3,19,21,25)/t14-/m0/s1. The molecule has 3 amide bonds. The molecule has 0 unspecified atom stereocenters. The molecule has 0 saturated carbocycles. The summed E-state index contributed by atoms with van der Waals surface area (Å²) in [6, 6.07) is 4.51. The molecule has 0 saturated heterocycles. The second-order valence-corrected chi connectivity index (χ2v) is 6.11. The minimum absolute atomic E-state index is 0.0969. The lowest BCUT2D eigenvalue weighted by Gasteiger charge is -2.18. The van der Waals surface area contributed by atoms with Gasteiger partial charge < -0.3 is 25.8 Å². The van der Waals surface area contributed by atoms with Crippen LogP contribution >= 0.6 is 0 Å². The molecule has 27 heavy (non-hydrogen) atoms. The van der Waals surface area contributed by atoms with E-state index in [1.165, 1.54) is 12.1 Å². The fourth-order valence-electron chi connectivity index (χ4n) is 2.26. The van der Waals surface area contributed by atoms with Crippen molar-refractivity contribution in [2.24, 2.45) is 11.7 Å². The predicted molar refractivity (Wildman–Crippen MR) is 97.9 cm³/mol. The molecule has 0 aliphatic carbocycles. The van der Waals surface area contributed by atoms with Gasteiger partial charge in [0.05, 0.1) is 17.9 Å². The molecule has 0 aromatic heterocycles. The van der Waals surface area contributed by atoms with Crippen molar-refractivity contribution < 1.29 is 28.7 Å². The lowest BCUT2D eigenvalue weighted by Crippen LogP contribution is -2.45. The van der Waals surface area contributed by atoms with Crippen LogP contribution < -0.4 is 16.4 Å². The molecule has 0 aliphatic rings. The van der Waals surface area contributed by atoms with Gasteiger partial charge in [-0.3, -0.25) is 4.79 Å². The van der Waals surface area contributed by atoms with Gasteiger partial charge in [0.1, 0.15) is 6.04 Å². The Morgan fingerprint density at radius 1 is 1.11 bits per heavy atom. The minimum Gasteiger partial charge on any atom is -0.462 e. The van der Waals surface area contributed by atoms with E-state index in [4.69, 9.17) is 15.2 Å². The normalized spacial score (nSPS) is 11.4. The molecule has 1 rings (SSSR count). The fraction of sp³-hybridized carbons (Fsp3) is 0.444. The molecule has 9 heteroatoms. The van der Waals surface area contributed by atoms with Crippen LogP contribution in [0.25, 0.3) is 0 Å². The monoisotopic (exact) mass is 379 g/mol. The third-order valence-corrected chi connectivity index (χ3v) is 3.35. The highest BCUT2D eigenvalue weighted by atomic mass is 16.5. The summed E-state index contributed by atoms with van der Waals surface area (Å²) >= 11 is 0. The number of nitrogens with two attached hydrogens (primary N) is 1. The number of rotatable bonds is 9. The molecule has 1 atom stereocenters. The summed E-state index contributed by atoms with van der Waals surface area (Å²) in [5.74, 6) is -1.88. The van der Waals surface area contributed by atoms with Crippen LogP contribution in [0, 0.1) is 5.92 Å². The van der Waals surface area contributed by atoms with Crippen LogP contribution in [0.2, 0.25) is 0 Å². The van der Waals surface area contributed by atoms with Gasteiger partial charge in [0.25, 0.3) is 5.91 Å². The van der Waals surface area contributed by atoms with E-state index < -0.39 is 36.5 Å². The van der Waals surface area contributed by atoms with Crippen molar-refractivity contribution in [1.29, 1.82) is 0 Å². The molecule has 0 spiro atoms. The molecule has 1 aromatic rings. The minimum atomic E-state index is -0.942. The van der Waals surface area contributed by atoms with Gasteiger partial charge in [-0.15, -0.1) is 0 Å². The van der Waals surface area contributed by atoms with E-state index in [2.05, 4.69) is 10.6 Å². The lowest BCUT2D eigenvalue weighted by molar-refractivity contribution is -0.149. The first-order valence-corrected chi connectivity index (χ1v) is 8.53. The summed E-state index contributed by atoms with van der Waals surface area (Å²) < 4.78 is 9.88. The number of anilines is 1. The molecule has 4 N–H and O–H groups in total. The Balaban J connectivity index is 2.68. The Morgan fingerprint density at radius 3 is 2.37 bits per heavy atom. The van der Waals surface area contributed by atoms with Crippen molar-refractivity contribution in [3.05, 3.63) is 29.8 Å². The molecule has 0 heterocycles. The fourth-order valence-corrected chi connectivity index (χ4v) is 2.26. The number of ether oxygens (including phenoxy) is 2. The molecular weight excluding hydrogens is 354 g/mol. The Morgan fingerprint density at radius 2 is 1.78 bits per heavy atom. The first-order valence-electron chi connectivity index (χ1n) is 8.53. The van der Waals surface area contributed by atoms with Crippen molar-refractivity contribution in [2.75, 3.05) is 18.5 Å². The van der Waals surface area contributed by atoms with Gasteiger partial charge in [0, 0.05) is 0 Å². The Labute approximate surface area is 157 Å². The number of urea groups is 1. The van der Waals surface area contributed by atoms with Crippen LogP contribution in [0.1, 0.15) is 37.6 Å². The molecule has 0 radical (unpaired) electrons. The van der Waals surface area contributed by atoms with Crippen molar-refractivity contribution in [1.82, 2.24) is 5.32 Å². The van der Waals surface area contributed by atoms with Gasteiger partial charge in [-0.1, -0.05) is 26.0 Å². The predicted octanol–water partition coefficient (Wildman–Crippen LogP) is 1.43. The van der Waals surface area contributed by atoms with E-state index in [1.807, 2.05) is 13.8 Å². The molecular formula is C18H25N3O6. The third-order valence-electron chi connectivity index (χ3n) is 3.35. The van der Waals surface area contributed by atoms with E-state index in [9.17, 15) is 19.2 Å². The van der Waals surface area contributed by atoms with Gasteiger partial charge >= 0.3 is 18.0 Å². The number of hydrogen-bond acceptors (Lipinski definition) is 6. The third kappa shape index (κ3) is 7.76.